The highest BCUT2D eigenvalue weighted by Crippen LogP contribution is 2.33. The van der Waals surface area contributed by atoms with Crippen LogP contribution in [-0.2, 0) is 9.59 Å². The van der Waals surface area contributed by atoms with Gasteiger partial charge in [0.15, 0.2) is 0 Å². The van der Waals surface area contributed by atoms with Crippen LogP contribution in [0.1, 0.15) is 50.5 Å². The van der Waals surface area contributed by atoms with Crippen molar-refractivity contribution in [1.29, 1.82) is 0 Å². The summed E-state index contributed by atoms with van der Waals surface area (Å²) in [5.41, 5.74) is 0.0817. The molecular formula is C22H26ClN5O4. The Hall–Kier alpha value is -3.07. The molecule has 2 aromatic rings. The Bertz CT molecular complexity index is 1100. The number of amides is 2. The first-order chi connectivity index (χ1) is 15.4. The monoisotopic (exact) mass is 459 g/mol. The zero-order valence-corrected chi connectivity index (χ0v) is 18.8. The Morgan fingerprint density at radius 1 is 1.34 bits per heavy atom. The normalized spacial score (nSPS) is 20.3. The fourth-order valence-electron chi connectivity index (χ4n) is 4.42. The average molecular weight is 460 g/mol. The maximum atomic E-state index is 13.1. The molecule has 32 heavy (non-hydrogen) atoms. The lowest BCUT2D eigenvalue weighted by Crippen LogP contribution is -2.43. The van der Waals surface area contributed by atoms with Crippen LogP contribution in [0.5, 0.6) is 5.75 Å². The summed E-state index contributed by atoms with van der Waals surface area (Å²) in [5, 5.41) is 5.82. The number of nitrogens with one attached hydrogen (secondary N) is 3. The summed E-state index contributed by atoms with van der Waals surface area (Å²) in [7, 11) is 1.47. The molecule has 1 saturated heterocycles. The molecule has 0 unspecified atom stereocenters. The number of anilines is 3. The molecule has 0 bridgehead atoms. The van der Waals surface area contributed by atoms with E-state index in [0.717, 1.165) is 32.2 Å². The third-order valence-corrected chi connectivity index (χ3v) is 6.28. The minimum absolute atomic E-state index is 0.138. The standard InChI is InChI=1S/C22H26ClN5O4/c1-3-13-6-4-5-9-28(13)22-26-19-18(21(31)27-22)14(11-17(29)25-19)20(30)24-15-10-12(23)7-8-16(15)32-2/h7-8,10,13-14H,3-6,9,11H2,1-2H3,(H,24,30)(H2,25,26,27,29,31)/t13-,14+/m1/s1. The summed E-state index contributed by atoms with van der Waals surface area (Å²) < 4.78 is 5.27. The lowest BCUT2D eigenvalue weighted by atomic mass is 9.92. The van der Waals surface area contributed by atoms with E-state index in [-0.39, 0.29) is 29.8 Å². The van der Waals surface area contributed by atoms with Crippen LogP contribution in [0.25, 0.3) is 0 Å². The number of piperidine rings is 1. The van der Waals surface area contributed by atoms with Gasteiger partial charge in [0.1, 0.15) is 11.6 Å². The molecule has 2 amide bonds. The molecule has 3 N–H and O–H groups in total. The third kappa shape index (κ3) is 4.29. The molecule has 0 aliphatic carbocycles. The fraction of sp³-hybridized carbons (Fsp3) is 0.455. The molecule has 1 aromatic carbocycles. The Balaban J connectivity index is 1.67. The highest BCUT2D eigenvalue weighted by atomic mass is 35.5. The van der Waals surface area contributed by atoms with Gasteiger partial charge in [-0.1, -0.05) is 18.5 Å². The van der Waals surface area contributed by atoms with Crippen molar-refractivity contribution < 1.29 is 14.3 Å². The smallest absolute Gasteiger partial charge is 0.258 e. The number of ether oxygens (including phenoxy) is 1. The van der Waals surface area contributed by atoms with Crippen LogP contribution in [0, 0.1) is 0 Å². The van der Waals surface area contributed by atoms with Crippen LogP contribution in [0.2, 0.25) is 5.02 Å². The van der Waals surface area contributed by atoms with Crippen LogP contribution < -0.4 is 25.8 Å². The molecule has 2 aliphatic heterocycles. The third-order valence-electron chi connectivity index (χ3n) is 6.04. The SMILES string of the molecule is CC[C@@H]1CCCCN1c1nc2c(c(=O)[nH]1)[C@@H](C(=O)Nc1cc(Cl)ccc1OC)CC(=O)N2. The molecule has 9 nitrogen and oxygen atoms in total. The Kier molecular flexibility index (Phi) is 6.36. The van der Waals surface area contributed by atoms with Gasteiger partial charge in [0.2, 0.25) is 17.8 Å². The molecule has 2 atom stereocenters. The van der Waals surface area contributed by atoms with Crippen molar-refractivity contribution in [3.05, 3.63) is 39.1 Å². The summed E-state index contributed by atoms with van der Waals surface area (Å²) in [6, 6.07) is 5.09. The minimum atomic E-state index is -0.990. The number of carbonyl (C=O) groups is 2. The average Bonchev–Trinajstić information content (AvgIpc) is 2.78. The molecule has 0 saturated carbocycles. The predicted molar refractivity (Wildman–Crippen MR) is 123 cm³/mol. The van der Waals surface area contributed by atoms with Gasteiger partial charge in [-0.2, -0.15) is 4.98 Å². The minimum Gasteiger partial charge on any atom is -0.495 e. The maximum absolute atomic E-state index is 13.1. The second kappa shape index (κ2) is 9.20. The van der Waals surface area contributed by atoms with Gasteiger partial charge in [-0.15, -0.1) is 0 Å². The second-order valence-electron chi connectivity index (χ2n) is 8.04. The highest BCUT2D eigenvalue weighted by molar-refractivity contribution is 6.31. The Morgan fingerprint density at radius 2 is 2.16 bits per heavy atom. The first-order valence-corrected chi connectivity index (χ1v) is 11.1. The number of benzene rings is 1. The molecule has 1 aromatic heterocycles. The van der Waals surface area contributed by atoms with E-state index < -0.39 is 17.4 Å². The molecule has 10 heteroatoms. The van der Waals surface area contributed by atoms with E-state index in [0.29, 0.717) is 22.4 Å². The fourth-order valence-corrected chi connectivity index (χ4v) is 4.59. The van der Waals surface area contributed by atoms with E-state index in [2.05, 4.69) is 32.4 Å². The largest absolute Gasteiger partial charge is 0.495 e. The quantitative estimate of drug-likeness (QED) is 0.631. The molecule has 1 fully saturated rings. The zero-order chi connectivity index (χ0) is 22.8. The van der Waals surface area contributed by atoms with Crippen molar-refractivity contribution in [2.24, 2.45) is 0 Å². The molecule has 0 radical (unpaired) electrons. The lowest BCUT2D eigenvalue weighted by molar-refractivity contribution is -0.123. The van der Waals surface area contributed by atoms with Crippen molar-refractivity contribution in [2.45, 2.75) is 51.0 Å². The van der Waals surface area contributed by atoms with E-state index in [4.69, 9.17) is 16.3 Å². The molecular weight excluding hydrogens is 434 g/mol. The summed E-state index contributed by atoms with van der Waals surface area (Å²) in [4.78, 5) is 48.0. The number of halogens is 1. The number of aromatic nitrogens is 2. The van der Waals surface area contributed by atoms with Crippen LogP contribution >= 0.6 is 11.6 Å². The van der Waals surface area contributed by atoms with Gasteiger partial charge >= 0.3 is 0 Å². The topological polar surface area (TPSA) is 116 Å². The van der Waals surface area contributed by atoms with Gasteiger partial charge < -0.3 is 20.3 Å². The Labute approximate surface area is 190 Å². The maximum Gasteiger partial charge on any atom is 0.258 e. The number of hydrogen-bond donors (Lipinski definition) is 3. The van der Waals surface area contributed by atoms with Gasteiger partial charge in [-0.05, 0) is 43.9 Å². The van der Waals surface area contributed by atoms with Crippen LogP contribution in [0.15, 0.2) is 23.0 Å². The first-order valence-electron chi connectivity index (χ1n) is 10.8. The lowest BCUT2D eigenvalue weighted by Gasteiger charge is -2.36. The predicted octanol–water partition coefficient (Wildman–Crippen LogP) is 3.27. The van der Waals surface area contributed by atoms with E-state index in [1.165, 1.54) is 7.11 Å². The van der Waals surface area contributed by atoms with Gasteiger partial charge in [-0.3, -0.25) is 19.4 Å². The van der Waals surface area contributed by atoms with Gasteiger partial charge in [0.25, 0.3) is 5.56 Å². The van der Waals surface area contributed by atoms with Crippen LogP contribution in [-0.4, -0.2) is 41.5 Å². The molecule has 2 aliphatic rings. The summed E-state index contributed by atoms with van der Waals surface area (Å²) >= 11 is 6.05. The number of H-pyrrole nitrogens is 1. The Morgan fingerprint density at radius 3 is 2.91 bits per heavy atom. The van der Waals surface area contributed by atoms with Gasteiger partial charge in [0, 0.05) is 24.0 Å². The number of hydrogen-bond acceptors (Lipinski definition) is 6. The van der Waals surface area contributed by atoms with Gasteiger partial charge in [0.05, 0.1) is 24.3 Å². The van der Waals surface area contributed by atoms with Crippen molar-refractivity contribution in [3.8, 4) is 5.75 Å². The van der Waals surface area contributed by atoms with E-state index in [1.807, 2.05) is 0 Å². The highest BCUT2D eigenvalue weighted by Gasteiger charge is 2.36. The van der Waals surface area contributed by atoms with Crippen molar-refractivity contribution in [2.75, 3.05) is 29.2 Å². The number of carbonyl (C=O) groups excluding carboxylic acids is 2. The van der Waals surface area contributed by atoms with E-state index >= 15 is 0 Å². The number of methoxy groups -OCH3 is 1. The van der Waals surface area contributed by atoms with Gasteiger partial charge in [-0.25, -0.2) is 0 Å². The van der Waals surface area contributed by atoms with Crippen molar-refractivity contribution in [1.82, 2.24) is 9.97 Å². The second-order valence-corrected chi connectivity index (χ2v) is 8.48. The van der Waals surface area contributed by atoms with Crippen molar-refractivity contribution >= 4 is 40.9 Å². The summed E-state index contributed by atoms with van der Waals surface area (Å²) in [6.45, 7) is 2.89. The zero-order valence-electron chi connectivity index (χ0n) is 18.0. The van der Waals surface area contributed by atoms with Crippen molar-refractivity contribution in [3.63, 3.8) is 0 Å². The van der Waals surface area contributed by atoms with E-state index in [9.17, 15) is 14.4 Å². The summed E-state index contributed by atoms with van der Waals surface area (Å²) in [6.07, 6.45) is 3.94. The number of fused-ring (bicyclic) bond motifs is 1. The number of aromatic amines is 1. The molecule has 4 rings (SSSR count). The summed E-state index contributed by atoms with van der Waals surface area (Å²) in [5.74, 6) is -0.884. The number of nitrogens with zero attached hydrogens (tertiary/aromatic N) is 2. The van der Waals surface area contributed by atoms with Crippen LogP contribution in [0.4, 0.5) is 17.5 Å². The molecule has 3 heterocycles. The van der Waals surface area contributed by atoms with Crippen LogP contribution in [0.3, 0.4) is 0 Å². The number of rotatable bonds is 5. The molecule has 170 valence electrons. The first kappa shape index (κ1) is 22.1. The molecule has 0 spiro atoms. The van der Waals surface area contributed by atoms with E-state index in [1.54, 1.807) is 18.2 Å².